The predicted octanol–water partition coefficient (Wildman–Crippen LogP) is 16.3. The first-order valence-corrected chi connectivity index (χ1v) is 24.8. The van der Waals surface area contributed by atoms with E-state index in [1.54, 1.807) is 0 Å². The molecule has 6 heteroatoms. The lowest BCUT2D eigenvalue weighted by Gasteiger charge is -2.18. The van der Waals surface area contributed by atoms with Crippen molar-refractivity contribution in [1.29, 1.82) is 0 Å². The van der Waals surface area contributed by atoms with Crippen LogP contribution in [0.2, 0.25) is 0 Å². The molecule has 0 rings (SSSR count). The minimum Gasteiger partial charge on any atom is -0.462 e. The molecule has 0 N–H and O–H groups in total. The van der Waals surface area contributed by atoms with Crippen LogP contribution in [-0.2, 0) is 28.6 Å². The van der Waals surface area contributed by atoms with Gasteiger partial charge in [0.05, 0.1) is 0 Å². The number of unbranched alkanes of at least 4 members (excludes halogenated alkanes) is 14. The molecule has 1 atom stereocenters. The van der Waals surface area contributed by atoms with E-state index in [9.17, 15) is 14.4 Å². The summed E-state index contributed by atoms with van der Waals surface area (Å²) in [6, 6.07) is 0. The van der Waals surface area contributed by atoms with E-state index >= 15 is 0 Å². The Labute approximate surface area is 385 Å². The molecular formula is C57H88O6. The van der Waals surface area contributed by atoms with Crippen molar-refractivity contribution < 1.29 is 28.6 Å². The Morgan fingerprint density at radius 1 is 0.349 bits per heavy atom. The molecule has 0 aromatic heterocycles. The van der Waals surface area contributed by atoms with Gasteiger partial charge in [0.1, 0.15) is 13.2 Å². The number of rotatable bonds is 42. The standard InChI is InChI=1S/C57H88O6/c1-4-7-10-13-16-19-22-25-27-28-30-32-35-38-41-44-47-50-56(59)62-53-54(52-61-55(58)49-46-43-40-37-34-31-24-21-18-15-12-9-6-3)63-57(60)51-48-45-42-39-36-33-29-26-23-20-17-14-11-8-5-2/h8-9,11-12,14-21,23-25,27,30-32,34,38,41,54H,4-7,10,13,22,26,28-29,33,35-37,39-40,42-53H2,1-3H3/b11-8+,12-9+,17-14+,18-15+,19-16+,23-20+,24-21+,27-25+,32-30+,34-31+,41-38+. The minimum atomic E-state index is -0.827. The van der Waals surface area contributed by atoms with Crippen molar-refractivity contribution in [2.45, 2.75) is 194 Å². The first-order valence-electron chi connectivity index (χ1n) is 24.8. The van der Waals surface area contributed by atoms with E-state index in [2.05, 4.69) is 118 Å². The van der Waals surface area contributed by atoms with Crippen molar-refractivity contribution in [3.05, 3.63) is 134 Å². The van der Waals surface area contributed by atoms with Gasteiger partial charge >= 0.3 is 17.9 Å². The second kappa shape index (κ2) is 50.2. The third-order valence-corrected chi connectivity index (χ3v) is 9.78. The maximum atomic E-state index is 12.8. The van der Waals surface area contributed by atoms with E-state index in [0.717, 1.165) is 96.3 Å². The van der Waals surface area contributed by atoms with Crippen LogP contribution < -0.4 is 0 Å². The molecule has 0 heterocycles. The summed E-state index contributed by atoms with van der Waals surface area (Å²) in [4.78, 5) is 37.9. The van der Waals surface area contributed by atoms with Crippen LogP contribution in [0.3, 0.4) is 0 Å². The van der Waals surface area contributed by atoms with Gasteiger partial charge in [-0.1, -0.05) is 206 Å². The molecule has 0 spiro atoms. The van der Waals surface area contributed by atoms with Crippen LogP contribution in [0.4, 0.5) is 0 Å². The van der Waals surface area contributed by atoms with Gasteiger partial charge in [0.25, 0.3) is 0 Å². The molecule has 0 saturated heterocycles. The van der Waals surface area contributed by atoms with Gasteiger partial charge in [-0.15, -0.1) is 0 Å². The zero-order valence-electron chi connectivity index (χ0n) is 40.0. The van der Waals surface area contributed by atoms with Crippen LogP contribution in [-0.4, -0.2) is 37.2 Å². The highest BCUT2D eigenvalue weighted by Gasteiger charge is 2.19. The summed E-state index contributed by atoms with van der Waals surface area (Å²) in [5, 5.41) is 0. The number of carbonyl (C=O) groups excluding carboxylic acids is 3. The Hall–Kier alpha value is -4.45. The van der Waals surface area contributed by atoms with Crippen molar-refractivity contribution in [1.82, 2.24) is 0 Å². The number of esters is 3. The maximum absolute atomic E-state index is 12.8. The number of ether oxygens (including phenoxy) is 3. The van der Waals surface area contributed by atoms with Gasteiger partial charge in [-0.2, -0.15) is 0 Å². The summed E-state index contributed by atoms with van der Waals surface area (Å²) < 4.78 is 16.7. The van der Waals surface area contributed by atoms with Gasteiger partial charge in [0, 0.05) is 19.3 Å². The summed E-state index contributed by atoms with van der Waals surface area (Å²) in [7, 11) is 0. The third-order valence-electron chi connectivity index (χ3n) is 9.78. The Kier molecular flexibility index (Phi) is 46.7. The normalized spacial score (nSPS) is 13.3. The monoisotopic (exact) mass is 869 g/mol. The molecule has 0 fully saturated rings. The lowest BCUT2D eigenvalue weighted by molar-refractivity contribution is -0.167. The van der Waals surface area contributed by atoms with Crippen LogP contribution in [0.15, 0.2) is 134 Å². The Balaban J connectivity index is 4.58. The van der Waals surface area contributed by atoms with E-state index in [1.807, 2.05) is 36.5 Å². The van der Waals surface area contributed by atoms with E-state index in [4.69, 9.17) is 14.2 Å². The molecule has 0 aromatic carbocycles. The smallest absolute Gasteiger partial charge is 0.306 e. The highest BCUT2D eigenvalue weighted by atomic mass is 16.6. The number of hydrogen-bond acceptors (Lipinski definition) is 6. The largest absolute Gasteiger partial charge is 0.462 e. The summed E-state index contributed by atoms with van der Waals surface area (Å²) >= 11 is 0. The molecular weight excluding hydrogens is 781 g/mol. The van der Waals surface area contributed by atoms with Gasteiger partial charge in [0.15, 0.2) is 6.10 Å². The molecule has 0 aliphatic rings. The molecule has 0 saturated carbocycles. The lowest BCUT2D eigenvalue weighted by atomic mass is 10.1. The van der Waals surface area contributed by atoms with Crippen molar-refractivity contribution in [2.75, 3.05) is 13.2 Å². The van der Waals surface area contributed by atoms with Crippen molar-refractivity contribution in [3.63, 3.8) is 0 Å². The molecule has 352 valence electrons. The number of allylic oxidation sites excluding steroid dienone is 22. The Morgan fingerprint density at radius 2 is 0.698 bits per heavy atom. The minimum absolute atomic E-state index is 0.126. The fourth-order valence-corrected chi connectivity index (χ4v) is 6.09. The average Bonchev–Trinajstić information content (AvgIpc) is 3.28. The zero-order valence-corrected chi connectivity index (χ0v) is 40.0. The summed E-state index contributed by atoms with van der Waals surface area (Å²) in [6.45, 7) is 6.22. The first kappa shape index (κ1) is 58.6. The fraction of sp³-hybridized carbons (Fsp3) is 0.561. The quantitative estimate of drug-likeness (QED) is 0.0200. The molecule has 0 amide bonds. The molecule has 6 nitrogen and oxygen atoms in total. The van der Waals surface area contributed by atoms with E-state index in [1.165, 1.54) is 44.9 Å². The topological polar surface area (TPSA) is 78.9 Å². The third kappa shape index (κ3) is 48.4. The number of hydrogen-bond donors (Lipinski definition) is 0. The molecule has 1 unspecified atom stereocenters. The number of carbonyl (C=O) groups is 3. The Bertz CT molecular complexity index is 1420. The summed E-state index contributed by atoms with van der Waals surface area (Å²) in [5.41, 5.74) is 0. The van der Waals surface area contributed by atoms with Crippen LogP contribution >= 0.6 is 0 Å². The molecule has 63 heavy (non-hydrogen) atoms. The van der Waals surface area contributed by atoms with Crippen LogP contribution in [0.1, 0.15) is 188 Å². The molecule has 0 aromatic rings. The zero-order chi connectivity index (χ0) is 45.8. The molecule has 0 aliphatic heterocycles. The highest BCUT2D eigenvalue weighted by Crippen LogP contribution is 2.12. The highest BCUT2D eigenvalue weighted by molar-refractivity contribution is 5.71. The van der Waals surface area contributed by atoms with Crippen LogP contribution in [0.5, 0.6) is 0 Å². The SMILES string of the molecule is CC/C=C/C=C/C=C/C=C/CCCCCC(=O)OCC(COC(=O)CCC/C=C/C/C=C/C/C=C/C/C=C/CCCCC)OC(=O)CCCCCCCCC/C=C/C=C/C=C/CC. The molecule has 0 aliphatic carbocycles. The molecule has 0 bridgehead atoms. The van der Waals surface area contributed by atoms with Crippen molar-refractivity contribution in [2.24, 2.45) is 0 Å². The van der Waals surface area contributed by atoms with Gasteiger partial charge in [-0.05, 0) is 96.3 Å². The summed E-state index contributed by atoms with van der Waals surface area (Å²) in [6.07, 6.45) is 70.1. The second-order valence-corrected chi connectivity index (χ2v) is 15.8. The molecule has 0 radical (unpaired) electrons. The van der Waals surface area contributed by atoms with Gasteiger partial charge < -0.3 is 14.2 Å². The first-order chi connectivity index (χ1) is 31.0. The predicted molar refractivity (Wildman–Crippen MR) is 269 cm³/mol. The lowest BCUT2D eigenvalue weighted by Crippen LogP contribution is -2.30. The average molecular weight is 869 g/mol. The van der Waals surface area contributed by atoms with E-state index in [-0.39, 0.29) is 44.0 Å². The van der Waals surface area contributed by atoms with Gasteiger partial charge in [-0.25, -0.2) is 0 Å². The van der Waals surface area contributed by atoms with E-state index in [0.29, 0.717) is 12.8 Å². The van der Waals surface area contributed by atoms with Gasteiger partial charge in [-0.3, -0.25) is 14.4 Å². The van der Waals surface area contributed by atoms with Crippen molar-refractivity contribution >= 4 is 17.9 Å². The summed E-state index contributed by atoms with van der Waals surface area (Å²) in [5.74, 6) is -1.04. The van der Waals surface area contributed by atoms with Crippen molar-refractivity contribution in [3.8, 4) is 0 Å². The van der Waals surface area contributed by atoms with Gasteiger partial charge in [0.2, 0.25) is 0 Å². The van der Waals surface area contributed by atoms with Crippen LogP contribution in [0, 0.1) is 0 Å². The fourth-order valence-electron chi connectivity index (χ4n) is 6.09. The van der Waals surface area contributed by atoms with Crippen LogP contribution in [0.25, 0.3) is 0 Å². The maximum Gasteiger partial charge on any atom is 0.306 e. The second-order valence-electron chi connectivity index (χ2n) is 15.8. The van der Waals surface area contributed by atoms with E-state index < -0.39 is 6.10 Å². The Morgan fingerprint density at radius 3 is 1.19 bits per heavy atom.